The van der Waals surface area contributed by atoms with Crippen LogP contribution in [0, 0.1) is 6.92 Å². The third-order valence-electron chi connectivity index (χ3n) is 4.15. The van der Waals surface area contributed by atoms with E-state index in [9.17, 15) is 9.59 Å². The molecule has 3 rings (SSSR count). The van der Waals surface area contributed by atoms with Crippen LogP contribution in [0.2, 0.25) is 0 Å². The number of nitrogens with one attached hydrogen (secondary N) is 1. The van der Waals surface area contributed by atoms with Crippen LogP contribution in [0.25, 0.3) is 0 Å². The fourth-order valence-corrected chi connectivity index (χ4v) is 2.70. The zero-order chi connectivity index (χ0) is 20.1. The highest BCUT2D eigenvalue weighted by atomic mass is 16.5. The Bertz CT molecular complexity index is 967. The van der Waals surface area contributed by atoms with Crippen LogP contribution in [-0.4, -0.2) is 32.9 Å². The number of aromatic nitrogens is 2. The van der Waals surface area contributed by atoms with E-state index in [-0.39, 0.29) is 23.3 Å². The van der Waals surface area contributed by atoms with Gasteiger partial charge in [-0.3, -0.25) is 9.59 Å². The van der Waals surface area contributed by atoms with Gasteiger partial charge in [-0.05, 0) is 38.5 Å². The summed E-state index contributed by atoms with van der Waals surface area (Å²) < 4.78 is 4.93. The molecule has 0 aliphatic heterocycles. The van der Waals surface area contributed by atoms with Crippen molar-refractivity contribution in [3.8, 4) is 0 Å². The van der Waals surface area contributed by atoms with Gasteiger partial charge < -0.3 is 14.7 Å². The van der Waals surface area contributed by atoms with Crippen molar-refractivity contribution in [3.63, 3.8) is 0 Å². The van der Waals surface area contributed by atoms with Gasteiger partial charge in [0.2, 0.25) is 0 Å². The maximum atomic E-state index is 13.0. The molecular weight excluding hydrogens is 356 g/mol. The predicted molar refractivity (Wildman–Crippen MR) is 105 cm³/mol. The topological polar surface area (TPSA) is 88.3 Å². The molecule has 2 heterocycles. The monoisotopic (exact) mass is 378 g/mol. The summed E-state index contributed by atoms with van der Waals surface area (Å²) in [7, 11) is 0. The molecule has 0 spiro atoms. The minimum atomic E-state index is -0.456. The number of aryl methyl sites for hydroxylation is 1. The summed E-state index contributed by atoms with van der Waals surface area (Å²) in [4.78, 5) is 31.4. The molecule has 0 bridgehead atoms. The minimum Gasteiger partial charge on any atom is -0.360 e. The summed E-state index contributed by atoms with van der Waals surface area (Å²) in [5.41, 5.74) is 1.38. The molecule has 0 saturated carbocycles. The molecule has 3 aromatic rings. The predicted octanol–water partition coefficient (Wildman–Crippen LogP) is 3.68. The Kier molecular flexibility index (Phi) is 5.84. The van der Waals surface area contributed by atoms with Crippen LogP contribution >= 0.6 is 0 Å². The summed E-state index contributed by atoms with van der Waals surface area (Å²) in [6.07, 6.45) is 0. The summed E-state index contributed by atoms with van der Waals surface area (Å²) >= 11 is 0. The number of nitrogens with zero attached hydrogens (tertiary/aromatic N) is 3. The molecule has 0 fully saturated rings. The average Bonchev–Trinajstić information content (AvgIpc) is 3.11. The van der Waals surface area contributed by atoms with Crippen LogP contribution in [0.3, 0.4) is 0 Å². The number of carbonyl (C=O) groups excluding carboxylic acids is 2. The number of amides is 2. The van der Waals surface area contributed by atoms with Crippen LogP contribution in [-0.2, 0) is 6.54 Å². The fourth-order valence-electron chi connectivity index (χ4n) is 2.70. The van der Waals surface area contributed by atoms with Gasteiger partial charge >= 0.3 is 0 Å². The van der Waals surface area contributed by atoms with Gasteiger partial charge in [-0.15, -0.1) is 0 Å². The van der Waals surface area contributed by atoms with E-state index in [0.29, 0.717) is 18.1 Å². The highest BCUT2D eigenvalue weighted by Crippen LogP contribution is 2.14. The van der Waals surface area contributed by atoms with Crippen molar-refractivity contribution in [2.45, 2.75) is 33.4 Å². The number of anilines is 1. The van der Waals surface area contributed by atoms with Crippen LogP contribution in [0.4, 0.5) is 5.82 Å². The number of hydrogen-bond acceptors (Lipinski definition) is 5. The lowest BCUT2D eigenvalue weighted by Crippen LogP contribution is -2.37. The minimum absolute atomic E-state index is 0.0231. The van der Waals surface area contributed by atoms with Crippen molar-refractivity contribution in [2.75, 3.05) is 5.32 Å². The Hall–Kier alpha value is -3.48. The third-order valence-corrected chi connectivity index (χ3v) is 4.15. The molecule has 2 amide bonds. The van der Waals surface area contributed by atoms with E-state index in [1.807, 2.05) is 44.2 Å². The number of benzene rings is 1. The second-order valence-electron chi connectivity index (χ2n) is 6.70. The zero-order valence-electron chi connectivity index (χ0n) is 16.0. The zero-order valence-corrected chi connectivity index (χ0v) is 16.0. The van der Waals surface area contributed by atoms with Gasteiger partial charge in [0.05, 0.1) is 0 Å². The van der Waals surface area contributed by atoms with Crippen molar-refractivity contribution >= 4 is 17.6 Å². The normalized spacial score (nSPS) is 10.7. The van der Waals surface area contributed by atoms with Gasteiger partial charge in [0.1, 0.15) is 17.1 Å². The first kappa shape index (κ1) is 19.3. The summed E-state index contributed by atoms with van der Waals surface area (Å²) in [6.45, 7) is 6.09. The molecule has 0 saturated heterocycles. The molecule has 0 aliphatic carbocycles. The molecule has 1 aromatic carbocycles. The highest BCUT2D eigenvalue weighted by molar-refractivity contribution is 6.03. The van der Waals surface area contributed by atoms with Crippen molar-refractivity contribution in [2.24, 2.45) is 0 Å². The Morgan fingerprint density at radius 2 is 1.79 bits per heavy atom. The van der Waals surface area contributed by atoms with Crippen LogP contribution < -0.4 is 5.32 Å². The van der Waals surface area contributed by atoms with Crippen molar-refractivity contribution in [3.05, 3.63) is 77.3 Å². The molecule has 0 atom stereocenters. The van der Waals surface area contributed by atoms with E-state index in [1.165, 1.54) is 0 Å². The van der Waals surface area contributed by atoms with E-state index in [4.69, 9.17) is 4.52 Å². The second kappa shape index (κ2) is 8.47. The van der Waals surface area contributed by atoms with E-state index in [0.717, 1.165) is 5.56 Å². The van der Waals surface area contributed by atoms with Crippen molar-refractivity contribution in [1.29, 1.82) is 0 Å². The van der Waals surface area contributed by atoms with Gasteiger partial charge in [0, 0.05) is 18.7 Å². The number of rotatable bonds is 6. The quantitative estimate of drug-likeness (QED) is 0.707. The Morgan fingerprint density at radius 3 is 2.43 bits per heavy atom. The Morgan fingerprint density at radius 1 is 1.07 bits per heavy atom. The fraction of sp³-hybridized carbons (Fsp3) is 0.238. The smallest absolute Gasteiger partial charge is 0.275 e. The highest BCUT2D eigenvalue weighted by Gasteiger charge is 2.21. The van der Waals surface area contributed by atoms with Crippen molar-refractivity contribution < 1.29 is 14.1 Å². The Labute approximate surface area is 163 Å². The third kappa shape index (κ3) is 4.62. The molecular formula is C21H22N4O3. The summed E-state index contributed by atoms with van der Waals surface area (Å²) in [5.74, 6) is 0.197. The first-order chi connectivity index (χ1) is 13.4. The maximum absolute atomic E-state index is 13.0. The number of pyridine rings is 1. The van der Waals surface area contributed by atoms with Crippen LogP contribution in [0.1, 0.15) is 46.1 Å². The lowest BCUT2D eigenvalue weighted by atomic mass is 10.1. The van der Waals surface area contributed by atoms with Crippen LogP contribution in [0.15, 0.2) is 59.1 Å². The van der Waals surface area contributed by atoms with Gasteiger partial charge in [-0.1, -0.05) is 41.6 Å². The lowest BCUT2D eigenvalue weighted by molar-refractivity contribution is 0.0684. The number of carbonyl (C=O) groups is 2. The summed E-state index contributed by atoms with van der Waals surface area (Å²) in [5, 5.41) is 6.33. The van der Waals surface area contributed by atoms with E-state index in [1.54, 1.807) is 36.1 Å². The molecule has 7 nitrogen and oxygen atoms in total. The largest absolute Gasteiger partial charge is 0.360 e. The maximum Gasteiger partial charge on any atom is 0.275 e. The van der Waals surface area contributed by atoms with E-state index < -0.39 is 5.91 Å². The van der Waals surface area contributed by atoms with Crippen LogP contribution in [0.5, 0.6) is 0 Å². The molecule has 2 aromatic heterocycles. The molecule has 7 heteroatoms. The van der Waals surface area contributed by atoms with Gasteiger partial charge in [-0.2, -0.15) is 0 Å². The molecule has 28 heavy (non-hydrogen) atoms. The van der Waals surface area contributed by atoms with E-state index >= 15 is 0 Å². The standard InChI is InChI=1S/C21H22N4O3/c1-14(2)25(13-16-8-5-4-6-9-16)21(27)18-11-7-10-17(22-18)20(26)23-19-12-15(3)28-24-19/h4-12,14H,13H2,1-3H3,(H,23,24,26). The number of hydrogen-bond donors (Lipinski definition) is 1. The SMILES string of the molecule is Cc1cc(NC(=O)c2cccc(C(=O)N(Cc3ccccc3)C(C)C)n2)no1. The molecule has 0 radical (unpaired) electrons. The lowest BCUT2D eigenvalue weighted by Gasteiger charge is -2.26. The average molecular weight is 378 g/mol. The molecule has 144 valence electrons. The second-order valence-corrected chi connectivity index (χ2v) is 6.70. The van der Waals surface area contributed by atoms with Gasteiger partial charge in [-0.25, -0.2) is 4.98 Å². The van der Waals surface area contributed by atoms with Gasteiger partial charge in [0.25, 0.3) is 11.8 Å². The first-order valence-electron chi connectivity index (χ1n) is 9.00. The molecule has 1 N–H and O–H groups in total. The van der Waals surface area contributed by atoms with Crippen molar-refractivity contribution in [1.82, 2.24) is 15.0 Å². The molecule has 0 aliphatic rings. The van der Waals surface area contributed by atoms with E-state index in [2.05, 4.69) is 15.5 Å². The Balaban J connectivity index is 1.78. The summed E-state index contributed by atoms with van der Waals surface area (Å²) in [6, 6.07) is 16.1. The molecule has 0 unspecified atom stereocenters. The van der Waals surface area contributed by atoms with Gasteiger partial charge in [0.15, 0.2) is 5.82 Å². The first-order valence-corrected chi connectivity index (χ1v) is 9.00.